The number of hydrogen-bond donors (Lipinski definition) is 4. The summed E-state index contributed by atoms with van der Waals surface area (Å²) in [5.41, 5.74) is 0. The van der Waals surface area contributed by atoms with Gasteiger partial charge >= 0.3 is 0 Å². The number of rotatable bonds is 45. The Morgan fingerprint density at radius 3 is 1.15 bits per heavy atom. The van der Waals surface area contributed by atoms with Crippen LogP contribution in [-0.4, -0.2) is 46.1 Å². The molecule has 0 aromatic heterocycles. The van der Waals surface area contributed by atoms with Gasteiger partial charge in [0, 0.05) is 0 Å². The largest absolute Gasteiger partial charge is 0.394 e. The fraction of sp³-hybridized carbons (Fsp3) is 0.900. The van der Waals surface area contributed by atoms with Crippen LogP contribution in [-0.2, 0) is 4.79 Å². The van der Waals surface area contributed by atoms with E-state index in [1.165, 1.54) is 199 Å². The number of nitrogens with one attached hydrogen (secondary N) is 1. The highest BCUT2D eigenvalue weighted by Gasteiger charge is 2.21. The third-order valence-corrected chi connectivity index (χ3v) is 11.5. The summed E-state index contributed by atoms with van der Waals surface area (Å²) in [6, 6.07) is -0.658. The van der Waals surface area contributed by atoms with Crippen molar-refractivity contribution in [3.63, 3.8) is 0 Å². The minimum Gasteiger partial charge on any atom is -0.394 e. The highest BCUT2D eigenvalue weighted by atomic mass is 16.3. The summed E-state index contributed by atoms with van der Waals surface area (Å²) >= 11 is 0. The van der Waals surface area contributed by atoms with Crippen LogP contribution in [0.5, 0.6) is 0 Å². The normalized spacial score (nSPS) is 13.6. The predicted molar refractivity (Wildman–Crippen MR) is 241 cm³/mol. The van der Waals surface area contributed by atoms with E-state index in [4.69, 9.17) is 0 Å². The second-order valence-corrected chi connectivity index (χ2v) is 17.1. The molecule has 326 valence electrons. The van der Waals surface area contributed by atoms with Crippen molar-refractivity contribution in [2.45, 2.75) is 283 Å². The van der Waals surface area contributed by atoms with Gasteiger partial charge in [0.05, 0.1) is 31.3 Å². The molecule has 0 bridgehead atoms. The van der Waals surface area contributed by atoms with Crippen LogP contribution in [0.3, 0.4) is 0 Å². The number of allylic oxidation sites excluding steroid dienone is 4. The number of aliphatic hydroxyl groups is 3. The van der Waals surface area contributed by atoms with E-state index in [-0.39, 0.29) is 18.9 Å². The summed E-state index contributed by atoms with van der Waals surface area (Å²) in [4.78, 5) is 12.5. The van der Waals surface area contributed by atoms with E-state index < -0.39 is 18.2 Å². The first-order valence-electron chi connectivity index (χ1n) is 24.6. The Hall–Kier alpha value is -1.17. The molecular formula is C50H97NO4. The molecule has 0 heterocycles. The number of hydrogen-bond acceptors (Lipinski definition) is 4. The maximum atomic E-state index is 12.5. The van der Waals surface area contributed by atoms with Crippen LogP contribution < -0.4 is 5.32 Å². The van der Waals surface area contributed by atoms with Gasteiger partial charge in [-0.15, -0.1) is 0 Å². The van der Waals surface area contributed by atoms with Gasteiger partial charge < -0.3 is 20.6 Å². The molecule has 0 spiro atoms. The SMILES string of the molecule is CCCCCCCCCCC/C=C\C/C=C\CCCCCCCCCCCC(O)CC(=O)NC(CO)C(O)CCCCCCCCCCCCCCCCC. The zero-order valence-corrected chi connectivity index (χ0v) is 37.1. The first-order chi connectivity index (χ1) is 27.0. The van der Waals surface area contributed by atoms with Gasteiger partial charge in [0.25, 0.3) is 0 Å². The highest BCUT2D eigenvalue weighted by Crippen LogP contribution is 2.17. The summed E-state index contributed by atoms with van der Waals surface area (Å²) in [5, 5.41) is 33.5. The molecule has 3 unspecified atom stereocenters. The summed E-state index contributed by atoms with van der Waals surface area (Å²) in [6.07, 6.45) is 55.9. The van der Waals surface area contributed by atoms with Crippen LogP contribution in [0.4, 0.5) is 0 Å². The van der Waals surface area contributed by atoms with Gasteiger partial charge in [-0.3, -0.25) is 4.79 Å². The molecule has 5 heteroatoms. The molecule has 5 nitrogen and oxygen atoms in total. The minimum absolute atomic E-state index is 0.0352. The molecule has 0 aromatic carbocycles. The Morgan fingerprint density at radius 1 is 0.455 bits per heavy atom. The Balaban J connectivity index is 3.57. The van der Waals surface area contributed by atoms with Gasteiger partial charge in [-0.1, -0.05) is 237 Å². The maximum absolute atomic E-state index is 12.5. The summed E-state index contributed by atoms with van der Waals surface area (Å²) in [7, 11) is 0. The molecule has 1 amide bonds. The summed E-state index contributed by atoms with van der Waals surface area (Å²) in [6.45, 7) is 4.28. The van der Waals surface area contributed by atoms with Crippen molar-refractivity contribution in [1.82, 2.24) is 5.32 Å². The van der Waals surface area contributed by atoms with Crippen LogP contribution in [0.1, 0.15) is 264 Å². The zero-order valence-electron chi connectivity index (χ0n) is 37.1. The maximum Gasteiger partial charge on any atom is 0.222 e. The first-order valence-corrected chi connectivity index (χ1v) is 24.6. The van der Waals surface area contributed by atoms with Crippen molar-refractivity contribution >= 4 is 5.91 Å². The fourth-order valence-corrected chi connectivity index (χ4v) is 7.73. The lowest BCUT2D eigenvalue weighted by Gasteiger charge is -2.23. The molecule has 0 radical (unpaired) electrons. The molecular weight excluding hydrogens is 679 g/mol. The average Bonchev–Trinajstić information content (AvgIpc) is 3.18. The van der Waals surface area contributed by atoms with E-state index in [1.54, 1.807) is 0 Å². The molecule has 0 aliphatic rings. The highest BCUT2D eigenvalue weighted by molar-refractivity contribution is 5.76. The smallest absolute Gasteiger partial charge is 0.222 e. The van der Waals surface area contributed by atoms with Crippen molar-refractivity contribution in [1.29, 1.82) is 0 Å². The van der Waals surface area contributed by atoms with Crippen molar-refractivity contribution in [2.75, 3.05) is 6.61 Å². The van der Waals surface area contributed by atoms with Gasteiger partial charge in [-0.25, -0.2) is 0 Å². The third kappa shape index (κ3) is 42.3. The molecule has 0 fully saturated rings. The Labute approximate surface area is 343 Å². The minimum atomic E-state index is -0.749. The number of carbonyl (C=O) groups excluding carboxylic acids is 1. The Kier molecular flexibility index (Phi) is 44.6. The van der Waals surface area contributed by atoms with Crippen LogP contribution >= 0.6 is 0 Å². The summed E-state index contributed by atoms with van der Waals surface area (Å²) in [5.74, 6) is -0.283. The van der Waals surface area contributed by atoms with E-state index in [0.717, 1.165) is 32.1 Å². The zero-order chi connectivity index (χ0) is 40.1. The Bertz CT molecular complexity index is 814. The number of aliphatic hydroxyl groups excluding tert-OH is 3. The number of unbranched alkanes of at least 4 members (excludes halogenated alkanes) is 32. The predicted octanol–water partition coefficient (Wildman–Crippen LogP) is 14.6. The molecule has 3 atom stereocenters. The van der Waals surface area contributed by atoms with Crippen LogP contribution in [0.2, 0.25) is 0 Å². The van der Waals surface area contributed by atoms with Crippen LogP contribution in [0.15, 0.2) is 24.3 Å². The van der Waals surface area contributed by atoms with E-state index in [0.29, 0.717) is 12.8 Å². The molecule has 0 saturated carbocycles. The molecule has 55 heavy (non-hydrogen) atoms. The number of amides is 1. The quantitative estimate of drug-likeness (QED) is 0.0366. The van der Waals surface area contributed by atoms with Gasteiger partial charge in [0.1, 0.15) is 0 Å². The van der Waals surface area contributed by atoms with Crippen LogP contribution in [0, 0.1) is 0 Å². The topological polar surface area (TPSA) is 89.8 Å². The van der Waals surface area contributed by atoms with Gasteiger partial charge in [0.2, 0.25) is 5.91 Å². The van der Waals surface area contributed by atoms with Crippen molar-refractivity contribution in [3.8, 4) is 0 Å². The number of carbonyl (C=O) groups is 1. The monoisotopic (exact) mass is 776 g/mol. The van der Waals surface area contributed by atoms with E-state index in [9.17, 15) is 20.1 Å². The van der Waals surface area contributed by atoms with Gasteiger partial charge in [-0.2, -0.15) is 0 Å². The standard InChI is InChI=1S/C50H97NO4/c1-3-5-7-9-11-13-15-17-19-20-21-22-23-24-25-26-27-28-30-31-33-35-37-39-41-43-47(53)45-50(55)51-48(46-52)49(54)44-42-40-38-36-34-32-29-18-16-14-12-10-8-6-4-2/h21-22,24-25,47-49,52-54H,3-20,23,26-46H2,1-2H3,(H,51,55)/b22-21-,25-24-. The lowest BCUT2D eigenvalue weighted by molar-refractivity contribution is -0.125. The second kappa shape index (κ2) is 45.5. The molecule has 0 aliphatic carbocycles. The molecule has 4 N–H and O–H groups in total. The van der Waals surface area contributed by atoms with Crippen molar-refractivity contribution in [3.05, 3.63) is 24.3 Å². The van der Waals surface area contributed by atoms with Crippen molar-refractivity contribution < 1.29 is 20.1 Å². The first kappa shape index (κ1) is 53.8. The molecule has 0 aromatic rings. The van der Waals surface area contributed by atoms with Crippen LogP contribution in [0.25, 0.3) is 0 Å². The fourth-order valence-electron chi connectivity index (χ4n) is 7.73. The Morgan fingerprint density at radius 2 is 0.782 bits per heavy atom. The van der Waals surface area contributed by atoms with Gasteiger partial charge in [0.15, 0.2) is 0 Å². The van der Waals surface area contributed by atoms with Gasteiger partial charge in [-0.05, 0) is 44.9 Å². The van der Waals surface area contributed by atoms with Crippen molar-refractivity contribution in [2.24, 2.45) is 0 Å². The molecule has 0 saturated heterocycles. The third-order valence-electron chi connectivity index (χ3n) is 11.5. The summed E-state index contributed by atoms with van der Waals surface area (Å²) < 4.78 is 0. The molecule has 0 rings (SSSR count). The lowest BCUT2D eigenvalue weighted by Crippen LogP contribution is -2.46. The van der Waals surface area contributed by atoms with E-state index in [2.05, 4.69) is 43.5 Å². The molecule has 0 aliphatic heterocycles. The average molecular weight is 776 g/mol. The lowest BCUT2D eigenvalue weighted by atomic mass is 10.0. The van der Waals surface area contributed by atoms with E-state index >= 15 is 0 Å². The van der Waals surface area contributed by atoms with E-state index in [1.807, 2.05) is 0 Å². The second-order valence-electron chi connectivity index (χ2n) is 17.1.